The summed E-state index contributed by atoms with van der Waals surface area (Å²) in [6, 6.07) is 13.4. The smallest absolute Gasteiger partial charge is 0.412 e. The third kappa shape index (κ3) is 6.41. The molecule has 0 heterocycles. The topological polar surface area (TPSA) is 50.4 Å². The summed E-state index contributed by atoms with van der Waals surface area (Å²) in [6.07, 6.45) is -3.02. The van der Waals surface area contributed by atoms with E-state index in [0.717, 1.165) is 11.3 Å². The lowest BCUT2D eigenvalue weighted by Gasteiger charge is -2.19. The summed E-state index contributed by atoms with van der Waals surface area (Å²) in [5, 5.41) is 5.81. The highest BCUT2D eigenvalue weighted by Crippen LogP contribution is 2.21. The number of alkyl halides is 2. The number of carbonyl (C=O) groups is 1. The van der Waals surface area contributed by atoms with Gasteiger partial charge in [-0.15, -0.1) is 0 Å². The van der Waals surface area contributed by atoms with Crippen LogP contribution in [0.25, 0.3) is 0 Å². The molecule has 0 saturated carbocycles. The van der Waals surface area contributed by atoms with E-state index in [4.69, 9.17) is 4.74 Å². The number of nitrogens with one attached hydrogen (secondary N) is 2. The molecule has 0 fully saturated rings. The molecule has 4 nitrogen and oxygen atoms in total. The van der Waals surface area contributed by atoms with Crippen LogP contribution in [0.2, 0.25) is 0 Å². The molecule has 2 aromatic carbocycles. The van der Waals surface area contributed by atoms with Crippen LogP contribution in [0.4, 0.5) is 25.0 Å². The molecule has 0 spiro atoms. The first-order valence-electron chi connectivity index (χ1n) is 7.94. The van der Waals surface area contributed by atoms with Gasteiger partial charge in [0, 0.05) is 23.5 Å². The van der Waals surface area contributed by atoms with Crippen molar-refractivity contribution in [2.45, 2.75) is 39.3 Å². The fourth-order valence-electron chi connectivity index (χ4n) is 2.17. The lowest BCUT2D eigenvalue weighted by Crippen LogP contribution is -2.27. The number of rotatable bonds is 5. The standard InChI is InChI=1S/C19H22F2N2O2/c1-19(2,3)25-18(24)23-16-9-5-8-15(11-16)22-12-13-6-4-7-14(10-13)17(20)21/h4-11,17,22H,12H2,1-3H3,(H,23,24). The van der Waals surface area contributed by atoms with Gasteiger partial charge in [-0.2, -0.15) is 0 Å². The van der Waals surface area contributed by atoms with Gasteiger partial charge in [-0.05, 0) is 50.6 Å². The van der Waals surface area contributed by atoms with Gasteiger partial charge in [-0.1, -0.05) is 24.3 Å². The molecular formula is C19H22F2N2O2. The molecule has 0 atom stereocenters. The molecule has 2 N–H and O–H groups in total. The van der Waals surface area contributed by atoms with Crippen molar-refractivity contribution >= 4 is 17.5 Å². The molecule has 134 valence electrons. The lowest BCUT2D eigenvalue weighted by atomic mass is 10.1. The summed E-state index contributed by atoms with van der Waals surface area (Å²) >= 11 is 0. The maximum atomic E-state index is 12.7. The maximum absolute atomic E-state index is 12.7. The number of halogens is 2. The number of anilines is 2. The van der Waals surface area contributed by atoms with Gasteiger partial charge in [0.1, 0.15) is 5.60 Å². The molecule has 0 aliphatic rings. The minimum absolute atomic E-state index is 0.000330. The van der Waals surface area contributed by atoms with Crippen molar-refractivity contribution in [3.63, 3.8) is 0 Å². The molecule has 0 bridgehead atoms. The van der Waals surface area contributed by atoms with Gasteiger partial charge in [0.05, 0.1) is 0 Å². The molecule has 0 radical (unpaired) electrons. The number of hydrogen-bond acceptors (Lipinski definition) is 3. The van der Waals surface area contributed by atoms with Crippen molar-refractivity contribution in [3.05, 3.63) is 59.7 Å². The van der Waals surface area contributed by atoms with Gasteiger partial charge in [-0.3, -0.25) is 5.32 Å². The van der Waals surface area contributed by atoms with Gasteiger partial charge >= 0.3 is 6.09 Å². The van der Waals surface area contributed by atoms with Gasteiger partial charge in [-0.25, -0.2) is 13.6 Å². The molecule has 1 amide bonds. The average Bonchev–Trinajstić information content (AvgIpc) is 2.51. The van der Waals surface area contributed by atoms with E-state index in [1.165, 1.54) is 12.1 Å². The van der Waals surface area contributed by atoms with Crippen molar-refractivity contribution in [2.75, 3.05) is 10.6 Å². The Labute approximate surface area is 146 Å². The Balaban J connectivity index is 1.97. The van der Waals surface area contributed by atoms with E-state index in [1.54, 1.807) is 51.1 Å². The van der Waals surface area contributed by atoms with E-state index in [0.29, 0.717) is 12.2 Å². The first-order chi connectivity index (χ1) is 11.7. The van der Waals surface area contributed by atoms with E-state index < -0.39 is 18.1 Å². The second-order valence-corrected chi connectivity index (χ2v) is 6.61. The van der Waals surface area contributed by atoms with E-state index in [9.17, 15) is 13.6 Å². The summed E-state index contributed by atoms with van der Waals surface area (Å²) in [4.78, 5) is 11.8. The molecule has 2 aromatic rings. The zero-order chi connectivity index (χ0) is 18.4. The second kappa shape index (κ2) is 7.96. The van der Waals surface area contributed by atoms with Crippen LogP contribution in [0.15, 0.2) is 48.5 Å². The van der Waals surface area contributed by atoms with Gasteiger partial charge in [0.2, 0.25) is 0 Å². The Morgan fingerprint density at radius 2 is 1.76 bits per heavy atom. The van der Waals surface area contributed by atoms with Crippen molar-refractivity contribution in [3.8, 4) is 0 Å². The Morgan fingerprint density at radius 1 is 1.08 bits per heavy atom. The van der Waals surface area contributed by atoms with Crippen molar-refractivity contribution < 1.29 is 18.3 Å². The van der Waals surface area contributed by atoms with Crippen LogP contribution in [-0.4, -0.2) is 11.7 Å². The minimum Gasteiger partial charge on any atom is -0.444 e. The number of amides is 1. The quantitative estimate of drug-likeness (QED) is 0.741. The first-order valence-corrected chi connectivity index (χ1v) is 7.94. The van der Waals surface area contributed by atoms with Crippen LogP contribution in [0.1, 0.15) is 38.3 Å². The minimum atomic E-state index is -2.48. The molecule has 0 saturated heterocycles. The molecular weight excluding hydrogens is 326 g/mol. The third-order valence-corrected chi connectivity index (χ3v) is 3.21. The Kier molecular flexibility index (Phi) is 5.96. The molecule has 0 aliphatic carbocycles. The summed E-state index contributed by atoms with van der Waals surface area (Å²) in [6.45, 7) is 5.77. The molecule has 0 aromatic heterocycles. The van der Waals surface area contributed by atoms with Crippen LogP contribution >= 0.6 is 0 Å². The SMILES string of the molecule is CC(C)(C)OC(=O)Nc1cccc(NCc2cccc(C(F)F)c2)c1. The van der Waals surface area contributed by atoms with Crippen molar-refractivity contribution in [1.82, 2.24) is 0 Å². The van der Waals surface area contributed by atoms with Gasteiger partial charge in [0.25, 0.3) is 6.43 Å². The normalized spacial score (nSPS) is 11.3. The number of carbonyl (C=O) groups excluding carboxylic acids is 1. The van der Waals surface area contributed by atoms with E-state index in [1.807, 2.05) is 6.07 Å². The first kappa shape index (κ1) is 18.7. The maximum Gasteiger partial charge on any atom is 0.412 e. The highest BCUT2D eigenvalue weighted by Gasteiger charge is 2.16. The largest absolute Gasteiger partial charge is 0.444 e. The third-order valence-electron chi connectivity index (χ3n) is 3.21. The van der Waals surface area contributed by atoms with Crippen LogP contribution in [0.5, 0.6) is 0 Å². The van der Waals surface area contributed by atoms with Crippen molar-refractivity contribution in [2.24, 2.45) is 0 Å². The summed E-state index contributed by atoms with van der Waals surface area (Å²) in [7, 11) is 0. The summed E-state index contributed by atoms with van der Waals surface area (Å²) in [5.74, 6) is 0. The Bertz CT molecular complexity index is 727. The highest BCUT2D eigenvalue weighted by atomic mass is 19.3. The predicted octanol–water partition coefficient (Wildman–Crippen LogP) is 5.58. The fraction of sp³-hybridized carbons (Fsp3) is 0.316. The zero-order valence-electron chi connectivity index (χ0n) is 14.5. The Morgan fingerprint density at radius 3 is 2.44 bits per heavy atom. The molecule has 2 rings (SSSR count). The average molecular weight is 348 g/mol. The van der Waals surface area contributed by atoms with Crippen LogP contribution in [0.3, 0.4) is 0 Å². The molecule has 6 heteroatoms. The predicted molar refractivity (Wildman–Crippen MR) is 95.0 cm³/mol. The van der Waals surface area contributed by atoms with E-state index in [-0.39, 0.29) is 5.56 Å². The van der Waals surface area contributed by atoms with Gasteiger partial charge in [0.15, 0.2) is 0 Å². The van der Waals surface area contributed by atoms with E-state index in [2.05, 4.69) is 10.6 Å². The summed E-state index contributed by atoms with van der Waals surface area (Å²) in [5.41, 5.74) is 1.52. The number of ether oxygens (including phenoxy) is 1. The van der Waals surface area contributed by atoms with Gasteiger partial charge < -0.3 is 10.1 Å². The van der Waals surface area contributed by atoms with Crippen molar-refractivity contribution in [1.29, 1.82) is 0 Å². The number of benzene rings is 2. The monoisotopic (exact) mass is 348 g/mol. The van der Waals surface area contributed by atoms with Crippen LogP contribution in [0, 0.1) is 0 Å². The van der Waals surface area contributed by atoms with Crippen LogP contribution in [-0.2, 0) is 11.3 Å². The Hall–Kier alpha value is -2.63. The lowest BCUT2D eigenvalue weighted by molar-refractivity contribution is 0.0636. The fourth-order valence-corrected chi connectivity index (χ4v) is 2.17. The second-order valence-electron chi connectivity index (χ2n) is 6.61. The molecule has 0 unspecified atom stereocenters. The number of hydrogen-bond donors (Lipinski definition) is 2. The highest BCUT2D eigenvalue weighted by molar-refractivity contribution is 5.85. The molecule has 25 heavy (non-hydrogen) atoms. The zero-order valence-corrected chi connectivity index (χ0v) is 14.5. The molecule has 0 aliphatic heterocycles. The van der Waals surface area contributed by atoms with Crippen LogP contribution < -0.4 is 10.6 Å². The summed E-state index contributed by atoms with van der Waals surface area (Å²) < 4.78 is 30.7. The van der Waals surface area contributed by atoms with E-state index >= 15 is 0 Å².